The molecule has 0 spiro atoms. The summed E-state index contributed by atoms with van der Waals surface area (Å²) in [5.74, 6) is 0.707. The van der Waals surface area contributed by atoms with Gasteiger partial charge in [0, 0.05) is 5.56 Å². The molecule has 0 saturated carbocycles. The van der Waals surface area contributed by atoms with Crippen LogP contribution in [0.25, 0.3) is 16.2 Å². The maximum Gasteiger partial charge on any atom is 0.214 e. The van der Waals surface area contributed by atoms with E-state index in [1.807, 2.05) is 32.0 Å². The molecule has 0 atom stereocenters. The lowest BCUT2D eigenvalue weighted by Crippen LogP contribution is -1.94. The summed E-state index contributed by atoms with van der Waals surface area (Å²) in [5.41, 5.74) is 2.99. The third-order valence-corrected chi connectivity index (χ3v) is 4.32. The topological polar surface area (TPSA) is 63.2 Å². The summed E-state index contributed by atoms with van der Waals surface area (Å²) in [6.45, 7) is 4.04. The van der Waals surface area contributed by atoms with E-state index in [1.54, 1.807) is 11.6 Å². The number of methoxy groups -OCH3 is 1. The van der Waals surface area contributed by atoms with Crippen molar-refractivity contribution in [2.75, 3.05) is 7.11 Å². The molecule has 0 amide bonds. The van der Waals surface area contributed by atoms with Gasteiger partial charge in [-0.25, -0.2) is 4.98 Å². The van der Waals surface area contributed by atoms with Gasteiger partial charge >= 0.3 is 0 Å². The van der Waals surface area contributed by atoms with Crippen molar-refractivity contribution in [3.05, 3.63) is 34.5 Å². The van der Waals surface area contributed by atoms with Gasteiger partial charge in [-0.3, -0.25) is 0 Å². The Hall–Kier alpha value is -2.39. The summed E-state index contributed by atoms with van der Waals surface area (Å²) in [4.78, 5) is 5.33. The Morgan fingerprint density at radius 2 is 2.24 bits per heavy atom. The lowest BCUT2D eigenvalue weighted by atomic mass is 10.1. The number of rotatable bonds is 3. The Morgan fingerprint density at radius 1 is 1.43 bits per heavy atom. The predicted molar refractivity (Wildman–Crippen MR) is 81.7 cm³/mol. The molecule has 0 N–H and O–H groups in total. The van der Waals surface area contributed by atoms with E-state index in [2.05, 4.69) is 16.2 Å². The second-order valence-electron chi connectivity index (χ2n) is 4.67. The predicted octanol–water partition coefficient (Wildman–Crippen LogP) is 3.21. The zero-order valence-corrected chi connectivity index (χ0v) is 12.9. The number of hydrogen-bond donors (Lipinski definition) is 0. The second kappa shape index (κ2) is 5.19. The van der Waals surface area contributed by atoms with Crippen LogP contribution >= 0.6 is 11.3 Å². The molecule has 0 fully saturated rings. The Morgan fingerprint density at radius 3 is 2.90 bits per heavy atom. The summed E-state index contributed by atoms with van der Waals surface area (Å²) < 4.78 is 7.02. The summed E-state index contributed by atoms with van der Waals surface area (Å²) >= 11 is 1.51. The maximum absolute atomic E-state index is 9.49. The van der Waals surface area contributed by atoms with Gasteiger partial charge in [0.25, 0.3) is 0 Å². The quantitative estimate of drug-likeness (QED) is 0.745. The molecule has 3 aromatic rings. The first-order valence-corrected chi connectivity index (χ1v) is 7.43. The fourth-order valence-corrected chi connectivity index (χ4v) is 3.06. The van der Waals surface area contributed by atoms with Gasteiger partial charge in [-0.2, -0.15) is 14.9 Å². The summed E-state index contributed by atoms with van der Waals surface area (Å²) in [7, 11) is 1.62. The molecule has 21 heavy (non-hydrogen) atoms. The highest BCUT2D eigenvalue weighted by Gasteiger charge is 2.20. The van der Waals surface area contributed by atoms with Crippen molar-refractivity contribution < 1.29 is 4.74 Å². The third-order valence-electron chi connectivity index (χ3n) is 3.26. The molecule has 0 aliphatic carbocycles. The first-order valence-electron chi connectivity index (χ1n) is 6.61. The number of ether oxygens (including phenoxy) is 1. The molecule has 2 aromatic heterocycles. The van der Waals surface area contributed by atoms with Gasteiger partial charge in [0.05, 0.1) is 7.11 Å². The van der Waals surface area contributed by atoms with Gasteiger partial charge in [0.15, 0.2) is 5.69 Å². The van der Waals surface area contributed by atoms with Gasteiger partial charge in [0.2, 0.25) is 4.96 Å². The molecule has 5 nitrogen and oxygen atoms in total. The molecule has 0 radical (unpaired) electrons. The van der Waals surface area contributed by atoms with E-state index in [9.17, 15) is 5.26 Å². The van der Waals surface area contributed by atoms with Crippen molar-refractivity contribution in [3.8, 4) is 23.1 Å². The van der Waals surface area contributed by atoms with Crippen molar-refractivity contribution in [1.82, 2.24) is 14.6 Å². The Labute approximate surface area is 126 Å². The van der Waals surface area contributed by atoms with E-state index < -0.39 is 0 Å². The summed E-state index contributed by atoms with van der Waals surface area (Å²) in [6, 6.07) is 8.06. The highest BCUT2D eigenvalue weighted by molar-refractivity contribution is 7.16. The minimum Gasteiger partial charge on any atom is -0.496 e. The molecule has 3 rings (SSSR count). The standard InChI is InChI=1S/C15H14N4OS/c1-4-13-18-19-11(8-16)14(17-15(19)21-13)10-7-9(2)5-6-12(10)20-3/h5-7H,4H2,1-3H3. The Balaban J connectivity index is 2.28. The van der Waals surface area contributed by atoms with Crippen molar-refractivity contribution in [2.24, 2.45) is 0 Å². The number of benzene rings is 1. The number of nitrogens with zero attached hydrogens (tertiary/aromatic N) is 4. The zero-order chi connectivity index (χ0) is 15.0. The van der Waals surface area contributed by atoms with Crippen LogP contribution < -0.4 is 4.74 Å². The number of hydrogen-bond acceptors (Lipinski definition) is 5. The minimum atomic E-state index is 0.449. The van der Waals surface area contributed by atoms with E-state index in [0.717, 1.165) is 27.5 Å². The SMILES string of the molecule is CCc1nn2c(C#N)c(-c3cc(C)ccc3OC)nc2s1. The van der Waals surface area contributed by atoms with E-state index in [1.165, 1.54) is 11.3 Å². The van der Waals surface area contributed by atoms with Crippen LogP contribution in [0, 0.1) is 18.3 Å². The summed E-state index contributed by atoms with van der Waals surface area (Å²) in [6.07, 6.45) is 0.835. The number of aromatic nitrogens is 3. The van der Waals surface area contributed by atoms with Crippen molar-refractivity contribution in [3.63, 3.8) is 0 Å². The molecular weight excluding hydrogens is 284 g/mol. The maximum atomic E-state index is 9.49. The first-order chi connectivity index (χ1) is 10.2. The highest BCUT2D eigenvalue weighted by Crippen LogP contribution is 2.33. The van der Waals surface area contributed by atoms with Crippen molar-refractivity contribution in [2.45, 2.75) is 20.3 Å². The van der Waals surface area contributed by atoms with Gasteiger partial charge < -0.3 is 4.74 Å². The molecular formula is C15H14N4OS. The molecule has 0 bridgehead atoms. The number of imidazole rings is 1. The van der Waals surface area contributed by atoms with E-state index in [4.69, 9.17) is 4.74 Å². The van der Waals surface area contributed by atoms with E-state index in [-0.39, 0.29) is 0 Å². The first kappa shape index (κ1) is 13.6. The largest absolute Gasteiger partial charge is 0.496 e. The highest BCUT2D eigenvalue weighted by atomic mass is 32.1. The van der Waals surface area contributed by atoms with E-state index in [0.29, 0.717) is 17.1 Å². The van der Waals surface area contributed by atoms with Gasteiger partial charge in [-0.15, -0.1) is 0 Å². The molecule has 2 heterocycles. The fourth-order valence-electron chi connectivity index (χ4n) is 2.23. The van der Waals surface area contributed by atoms with Crippen LogP contribution in [0.4, 0.5) is 0 Å². The van der Waals surface area contributed by atoms with E-state index >= 15 is 0 Å². The van der Waals surface area contributed by atoms with Crippen LogP contribution in [-0.2, 0) is 6.42 Å². The monoisotopic (exact) mass is 298 g/mol. The molecule has 106 valence electrons. The molecule has 6 heteroatoms. The van der Waals surface area contributed by atoms with Gasteiger partial charge in [0.1, 0.15) is 22.5 Å². The van der Waals surface area contributed by atoms with Crippen molar-refractivity contribution in [1.29, 1.82) is 5.26 Å². The second-order valence-corrected chi connectivity index (χ2v) is 5.71. The van der Waals surface area contributed by atoms with Crippen LogP contribution in [0.5, 0.6) is 5.75 Å². The van der Waals surface area contributed by atoms with Crippen LogP contribution in [-0.4, -0.2) is 21.7 Å². The van der Waals surface area contributed by atoms with Crippen LogP contribution in [0.1, 0.15) is 23.2 Å². The normalized spacial score (nSPS) is 10.8. The number of fused-ring (bicyclic) bond motifs is 1. The molecule has 1 aromatic carbocycles. The fraction of sp³-hybridized carbons (Fsp3) is 0.267. The van der Waals surface area contributed by atoms with Crippen LogP contribution in [0.15, 0.2) is 18.2 Å². The number of aryl methyl sites for hydroxylation is 2. The molecule has 0 saturated heterocycles. The average molecular weight is 298 g/mol. The van der Waals surface area contributed by atoms with Gasteiger partial charge in [-0.05, 0) is 25.5 Å². The molecule has 0 aliphatic rings. The number of nitriles is 1. The zero-order valence-electron chi connectivity index (χ0n) is 12.0. The van der Waals surface area contributed by atoms with Crippen LogP contribution in [0.3, 0.4) is 0 Å². The van der Waals surface area contributed by atoms with Crippen LogP contribution in [0.2, 0.25) is 0 Å². The Kier molecular flexibility index (Phi) is 3.35. The minimum absolute atomic E-state index is 0.449. The Bertz CT molecular complexity index is 857. The third kappa shape index (κ3) is 2.16. The molecule has 0 aliphatic heterocycles. The lowest BCUT2D eigenvalue weighted by Gasteiger charge is -2.07. The van der Waals surface area contributed by atoms with Crippen molar-refractivity contribution >= 4 is 16.3 Å². The smallest absolute Gasteiger partial charge is 0.214 e. The van der Waals surface area contributed by atoms with Gasteiger partial charge in [-0.1, -0.05) is 29.9 Å². The summed E-state index contributed by atoms with van der Waals surface area (Å²) in [5, 5.41) is 14.9. The lowest BCUT2D eigenvalue weighted by molar-refractivity contribution is 0.416. The average Bonchev–Trinajstić information content (AvgIpc) is 3.03. The molecule has 0 unspecified atom stereocenters.